The highest BCUT2D eigenvalue weighted by molar-refractivity contribution is 6.05. The second kappa shape index (κ2) is 7.35. The van der Waals surface area contributed by atoms with Gasteiger partial charge in [-0.2, -0.15) is 0 Å². The van der Waals surface area contributed by atoms with Crippen LogP contribution in [0.5, 0.6) is 0 Å². The lowest BCUT2D eigenvalue weighted by Crippen LogP contribution is -2.36. The Kier molecular flexibility index (Phi) is 4.60. The summed E-state index contributed by atoms with van der Waals surface area (Å²) in [6.07, 6.45) is 1.97. The molecule has 5 nitrogen and oxygen atoms in total. The number of nitrogens with zero attached hydrogens (tertiary/aromatic N) is 3. The van der Waals surface area contributed by atoms with Crippen molar-refractivity contribution in [3.63, 3.8) is 0 Å². The van der Waals surface area contributed by atoms with Crippen molar-refractivity contribution in [1.29, 1.82) is 0 Å². The third-order valence-corrected chi connectivity index (χ3v) is 4.56. The number of aryl methyl sites for hydroxylation is 1. The third-order valence-electron chi connectivity index (χ3n) is 4.56. The normalized spacial score (nSPS) is 13.2. The Morgan fingerprint density at radius 3 is 2.58 bits per heavy atom. The van der Waals surface area contributed by atoms with Crippen LogP contribution in [0.2, 0.25) is 0 Å². The van der Waals surface area contributed by atoms with Gasteiger partial charge in [0.15, 0.2) is 5.69 Å². The van der Waals surface area contributed by atoms with Gasteiger partial charge in [0.2, 0.25) is 0 Å². The number of para-hydroxylation sites is 1. The molecule has 3 aromatic rings. The summed E-state index contributed by atoms with van der Waals surface area (Å²) in [5.41, 5.74) is 3.73. The molecular formula is C21H20N4O. The van der Waals surface area contributed by atoms with Crippen LogP contribution >= 0.6 is 0 Å². The molecule has 1 amide bonds. The van der Waals surface area contributed by atoms with Gasteiger partial charge in [0, 0.05) is 18.8 Å². The van der Waals surface area contributed by atoms with E-state index in [4.69, 9.17) is 0 Å². The molecule has 130 valence electrons. The van der Waals surface area contributed by atoms with E-state index in [0.29, 0.717) is 24.6 Å². The molecule has 2 aromatic carbocycles. The van der Waals surface area contributed by atoms with Crippen LogP contribution in [0.25, 0.3) is 0 Å². The molecular weight excluding hydrogens is 324 g/mol. The Bertz CT molecular complexity index is 893. The second-order valence-corrected chi connectivity index (χ2v) is 6.33. The minimum Gasteiger partial charge on any atom is -0.365 e. The molecule has 0 aliphatic carbocycles. The lowest BCUT2D eigenvalue weighted by molar-refractivity contribution is 0.0979. The van der Waals surface area contributed by atoms with E-state index in [0.717, 1.165) is 18.5 Å². The lowest BCUT2D eigenvalue weighted by Gasteiger charge is -2.29. The molecule has 0 saturated carbocycles. The molecule has 5 heteroatoms. The summed E-state index contributed by atoms with van der Waals surface area (Å²) < 4.78 is 0. The van der Waals surface area contributed by atoms with Crippen LogP contribution in [0.4, 0.5) is 11.5 Å². The summed E-state index contributed by atoms with van der Waals surface area (Å²) in [6, 6.07) is 21.7. The van der Waals surface area contributed by atoms with Crippen LogP contribution in [0.1, 0.15) is 28.0 Å². The number of fused-ring (bicyclic) bond motifs is 1. The Morgan fingerprint density at radius 1 is 0.962 bits per heavy atom. The number of hydrogen-bond donors (Lipinski definition) is 1. The van der Waals surface area contributed by atoms with E-state index < -0.39 is 0 Å². The van der Waals surface area contributed by atoms with Gasteiger partial charge in [-0.05, 0) is 42.2 Å². The number of hydrogen-bond acceptors (Lipinski definition) is 4. The number of carbonyl (C=O) groups excluding carboxylic acids is 1. The number of rotatable bonds is 4. The lowest BCUT2D eigenvalue weighted by atomic mass is 10.0. The standard InChI is InChI=1S/C21H20N4O/c26-21(25-14-6-10-17-9-4-5-11-19(17)25)18-12-13-20(24-23-18)22-15-16-7-2-1-3-8-16/h1-5,7-9,11-13H,6,10,14-15H2,(H,22,24). The first-order valence-electron chi connectivity index (χ1n) is 8.82. The number of nitrogens with one attached hydrogen (secondary N) is 1. The molecule has 4 rings (SSSR count). The van der Waals surface area contributed by atoms with Crippen molar-refractivity contribution in [3.8, 4) is 0 Å². The van der Waals surface area contributed by atoms with Gasteiger partial charge in [-0.25, -0.2) is 0 Å². The van der Waals surface area contributed by atoms with E-state index in [2.05, 4.69) is 21.6 Å². The zero-order chi connectivity index (χ0) is 17.8. The number of aromatic nitrogens is 2. The monoisotopic (exact) mass is 344 g/mol. The molecule has 0 unspecified atom stereocenters. The number of carbonyl (C=O) groups is 1. The minimum atomic E-state index is -0.0979. The largest absolute Gasteiger partial charge is 0.365 e. The molecule has 0 radical (unpaired) electrons. The van der Waals surface area contributed by atoms with E-state index >= 15 is 0 Å². The maximum atomic E-state index is 12.9. The van der Waals surface area contributed by atoms with Crippen molar-refractivity contribution >= 4 is 17.4 Å². The predicted molar refractivity (Wildman–Crippen MR) is 102 cm³/mol. The van der Waals surface area contributed by atoms with Crippen LogP contribution in [-0.2, 0) is 13.0 Å². The maximum Gasteiger partial charge on any atom is 0.278 e. The Balaban J connectivity index is 1.46. The van der Waals surface area contributed by atoms with Gasteiger partial charge in [0.05, 0.1) is 0 Å². The molecule has 0 atom stereocenters. The average Bonchev–Trinajstić information content (AvgIpc) is 2.72. The van der Waals surface area contributed by atoms with E-state index in [9.17, 15) is 4.79 Å². The number of anilines is 2. The molecule has 1 N–H and O–H groups in total. The van der Waals surface area contributed by atoms with Crippen LogP contribution in [0.15, 0.2) is 66.7 Å². The van der Waals surface area contributed by atoms with E-state index in [1.807, 2.05) is 48.5 Å². The second-order valence-electron chi connectivity index (χ2n) is 6.33. The SMILES string of the molecule is O=C(c1ccc(NCc2ccccc2)nn1)N1CCCc2ccccc21. The van der Waals surface area contributed by atoms with Gasteiger partial charge in [-0.1, -0.05) is 48.5 Å². The molecule has 1 aromatic heterocycles. The van der Waals surface area contributed by atoms with Gasteiger partial charge in [-0.15, -0.1) is 10.2 Å². The highest BCUT2D eigenvalue weighted by atomic mass is 16.2. The third kappa shape index (κ3) is 3.42. The molecule has 26 heavy (non-hydrogen) atoms. The van der Waals surface area contributed by atoms with E-state index in [1.54, 1.807) is 17.0 Å². The Morgan fingerprint density at radius 2 is 1.77 bits per heavy atom. The molecule has 2 heterocycles. The van der Waals surface area contributed by atoms with Crippen LogP contribution < -0.4 is 10.2 Å². The van der Waals surface area contributed by atoms with Crippen molar-refractivity contribution in [3.05, 3.63) is 83.6 Å². The molecule has 1 aliphatic rings. The van der Waals surface area contributed by atoms with Gasteiger partial charge < -0.3 is 10.2 Å². The van der Waals surface area contributed by atoms with Crippen LogP contribution in [0, 0.1) is 0 Å². The Labute approximate surface area is 152 Å². The van der Waals surface area contributed by atoms with Gasteiger partial charge in [0.25, 0.3) is 5.91 Å². The fourth-order valence-corrected chi connectivity index (χ4v) is 3.21. The molecule has 0 bridgehead atoms. The van der Waals surface area contributed by atoms with Gasteiger partial charge in [0.1, 0.15) is 5.82 Å². The first kappa shape index (κ1) is 16.3. The predicted octanol–water partition coefficient (Wildman–Crippen LogP) is 3.68. The summed E-state index contributed by atoms with van der Waals surface area (Å²) >= 11 is 0. The molecule has 0 fully saturated rings. The quantitative estimate of drug-likeness (QED) is 0.784. The highest BCUT2D eigenvalue weighted by Gasteiger charge is 2.24. The van der Waals surface area contributed by atoms with E-state index in [-0.39, 0.29) is 5.91 Å². The van der Waals surface area contributed by atoms with Crippen LogP contribution in [0.3, 0.4) is 0 Å². The smallest absolute Gasteiger partial charge is 0.278 e. The average molecular weight is 344 g/mol. The summed E-state index contributed by atoms with van der Waals surface area (Å²) in [7, 11) is 0. The van der Waals surface area contributed by atoms with Crippen molar-refractivity contribution in [2.24, 2.45) is 0 Å². The van der Waals surface area contributed by atoms with Gasteiger partial charge >= 0.3 is 0 Å². The summed E-state index contributed by atoms with van der Waals surface area (Å²) in [4.78, 5) is 14.7. The summed E-state index contributed by atoms with van der Waals surface area (Å²) in [5.74, 6) is 0.559. The molecule has 1 aliphatic heterocycles. The van der Waals surface area contributed by atoms with Crippen molar-refractivity contribution in [1.82, 2.24) is 10.2 Å². The minimum absolute atomic E-state index is 0.0979. The highest BCUT2D eigenvalue weighted by Crippen LogP contribution is 2.27. The van der Waals surface area contributed by atoms with Gasteiger partial charge in [-0.3, -0.25) is 4.79 Å². The summed E-state index contributed by atoms with van der Waals surface area (Å²) in [6.45, 7) is 1.38. The maximum absolute atomic E-state index is 12.9. The summed E-state index contributed by atoms with van der Waals surface area (Å²) in [5, 5.41) is 11.5. The van der Waals surface area contributed by atoms with Crippen molar-refractivity contribution in [2.75, 3.05) is 16.8 Å². The van der Waals surface area contributed by atoms with Crippen molar-refractivity contribution < 1.29 is 4.79 Å². The first-order valence-corrected chi connectivity index (χ1v) is 8.82. The zero-order valence-electron chi connectivity index (χ0n) is 14.4. The number of benzene rings is 2. The van der Waals surface area contributed by atoms with Crippen LogP contribution in [-0.4, -0.2) is 22.6 Å². The Hall–Kier alpha value is -3.21. The first-order chi connectivity index (χ1) is 12.8. The zero-order valence-corrected chi connectivity index (χ0v) is 14.4. The molecule has 0 saturated heterocycles. The molecule has 0 spiro atoms. The van der Waals surface area contributed by atoms with E-state index in [1.165, 1.54) is 11.1 Å². The van der Waals surface area contributed by atoms with Crippen molar-refractivity contribution in [2.45, 2.75) is 19.4 Å². The fourth-order valence-electron chi connectivity index (χ4n) is 3.21. The number of amides is 1. The fraction of sp³-hybridized carbons (Fsp3) is 0.190. The topological polar surface area (TPSA) is 58.1 Å².